The van der Waals surface area contributed by atoms with Gasteiger partial charge in [-0.2, -0.15) is 0 Å². The highest BCUT2D eigenvalue weighted by molar-refractivity contribution is 5.49. The Morgan fingerprint density at radius 2 is 2.00 bits per heavy atom. The van der Waals surface area contributed by atoms with E-state index >= 15 is 0 Å². The third-order valence-corrected chi connectivity index (χ3v) is 3.75. The van der Waals surface area contributed by atoms with Gasteiger partial charge in [-0.25, -0.2) is 4.39 Å². The molecule has 2 atom stereocenters. The fraction of sp³-hybridized carbons (Fsp3) is 0.571. The molecule has 1 aromatic rings. The highest BCUT2D eigenvalue weighted by Gasteiger charge is 2.31. The van der Waals surface area contributed by atoms with Crippen LogP contribution in [0.2, 0.25) is 0 Å². The molecule has 0 saturated heterocycles. The van der Waals surface area contributed by atoms with Crippen molar-refractivity contribution in [3.05, 3.63) is 29.6 Å². The van der Waals surface area contributed by atoms with Gasteiger partial charge in [0.15, 0.2) is 0 Å². The normalized spacial score (nSPS) is 18.9. The van der Waals surface area contributed by atoms with Crippen LogP contribution in [0.25, 0.3) is 0 Å². The third-order valence-electron chi connectivity index (χ3n) is 3.75. The van der Waals surface area contributed by atoms with Gasteiger partial charge in [-0.15, -0.1) is 0 Å². The van der Waals surface area contributed by atoms with E-state index in [9.17, 15) is 9.50 Å². The number of nitrogens with zero attached hydrogens (tertiary/aromatic N) is 1. The molecule has 0 aliphatic heterocycles. The lowest BCUT2D eigenvalue weighted by Gasteiger charge is -2.27. The SMILES string of the molecule is CC(O)c1ccc(N(C)C(C)C2CC2)c(F)c1. The molecule has 94 valence electrons. The van der Waals surface area contributed by atoms with Crippen molar-refractivity contribution in [2.75, 3.05) is 11.9 Å². The molecule has 0 aromatic heterocycles. The first-order valence-electron chi connectivity index (χ1n) is 6.21. The van der Waals surface area contributed by atoms with Crippen LogP contribution < -0.4 is 4.90 Å². The zero-order chi connectivity index (χ0) is 12.6. The lowest BCUT2D eigenvalue weighted by Crippen LogP contribution is -2.31. The van der Waals surface area contributed by atoms with Crippen LogP contribution in [-0.4, -0.2) is 18.2 Å². The number of hydrogen-bond donors (Lipinski definition) is 1. The van der Waals surface area contributed by atoms with Crippen LogP contribution in [0, 0.1) is 11.7 Å². The molecule has 1 aliphatic carbocycles. The summed E-state index contributed by atoms with van der Waals surface area (Å²) < 4.78 is 14.0. The van der Waals surface area contributed by atoms with Gasteiger partial charge in [0.2, 0.25) is 0 Å². The molecule has 0 amide bonds. The van der Waals surface area contributed by atoms with Gasteiger partial charge in [-0.1, -0.05) is 6.07 Å². The summed E-state index contributed by atoms with van der Waals surface area (Å²) in [7, 11) is 1.93. The summed E-state index contributed by atoms with van der Waals surface area (Å²) >= 11 is 0. The second kappa shape index (κ2) is 4.65. The molecule has 0 radical (unpaired) electrons. The standard InChI is InChI=1S/C14H20FNO/c1-9(11-4-5-11)16(3)14-7-6-12(10(2)17)8-13(14)15/h6-11,17H,4-5H2,1-3H3. The molecular weight excluding hydrogens is 217 g/mol. The smallest absolute Gasteiger partial charge is 0.146 e. The van der Waals surface area contributed by atoms with Crippen molar-refractivity contribution in [3.63, 3.8) is 0 Å². The van der Waals surface area contributed by atoms with Gasteiger partial charge in [0, 0.05) is 13.1 Å². The molecule has 3 heteroatoms. The number of benzene rings is 1. The Hall–Kier alpha value is -1.09. The summed E-state index contributed by atoms with van der Waals surface area (Å²) in [5, 5.41) is 9.40. The average Bonchev–Trinajstić information content (AvgIpc) is 3.10. The maximum atomic E-state index is 14.0. The van der Waals surface area contributed by atoms with E-state index in [0.717, 1.165) is 0 Å². The topological polar surface area (TPSA) is 23.5 Å². The molecule has 2 unspecified atom stereocenters. The molecule has 1 saturated carbocycles. The Labute approximate surface area is 102 Å². The summed E-state index contributed by atoms with van der Waals surface area (Å²) in [5.41, 5.74) is 1.24. The van der Waals surface area contributed by atoms with Crippen molar-refractivity contribution in [3.8, 4) is 0 Å². The van der Waals surface area contributed by atoms with Gasteiger partial charge in [0.05, 0.1) is 11.8 Å². The van der Waals surface area contributed by atoms with Crippen molar-refractivity contribution in [1.29, 1.82) is 0 Å². The fourth-order valence-electron chi connectivity index (χ4n) is 2.18. The highest BCUT2D eigenvalue weighted by Crippen LogP contribution is 2.37. The molecule has 0 heterocycles. The number of hydrogen-bond acceptors (Lipinski definition) is 2. The molecule has 2 nitrogen and oxygen atoms in total. The Kier molecular flexibility index (Phi) is 3.38. The van der Waals surface area contributed by atoms with E-state index in [-0.39, 0.29) is 5.82 Å². The van der Waals surface area contributed by atoms with E-state index < -0.39 is 6.10 Å². The Bertz CT molecular complexity index is 401. The van der Waals surface area contributed by atoms with Crippen molar-refractivity contribution < 1.29 is 9.50 Å². The summed E-state index contributed by atoms with van der Waals surface area (Å²) in [6, 6.07) is 5.35. The van der Waals surface area contributed by atoms with Crippen LogP contribution in [0.5, 0.6) is 0 Å². The van der Waals surface area contributed by atoms with E-state index in [1.807, 2.05) is 11.9 Å². The Balaban J connectivity index is 2.20. The van der Waals surface area contributed by atoms with Crippen molar-refractivity contribution in [1.82, 2.24) is 0 Å². The third kappa shape index (κ3) is 2.60. The maximum absolute atomic E-state index is 14.0. The number of rotatable bonds is 4. The molecular formula is C14H20FNO. The van der Waals surface area contributed by atoms with E-state index in [0.29, 0.717) is 23.2 Å². The predicted molar refractivity (Wildman–Crippen MR) is 67.6 cm³/mol. The second-order valence-electron chi connectivity index (χ2n) is 5.08. The summed E-state index contributed by atoms with van der Waals surface area (Å²) in [5.74, 6) is 0.453. The zero-order valence-corrected chi connectivity index (χ0v) is 10.7. The molecule has 17 heavy (non-hydrogen) atoms. The minimum atomic E-state index is -0.621. The van der Waals surface area contributed by atoms with Crippen molar-refractivity contribution in [2.45, 2.75) is 38.8 Å². The zero-order valence-electron chi connectivity index (χ0n) is 10.7. The van der Waals surface area contributed by atoms with E-state index in [2.05, 4.69) is 6.92 Å². The van der Waals surface area contributed by atoms with Crippen LogP contribution in [0.1, 0.15) is 38.4 Å². The van der Waals surface area contributed by atoms with Crippen molar-refractivity contribution in [2.24, 2.45) is 5.92 Å². The number of aliphatic hydroxyl groups is 1. The molecule has 1 N–H and O–H groups in total. The molecule has 2 rings (SSSR count). The van der Waals surface area contributed by atoms with E-state index in [1.54, 1.807) is 19.1 Å². The van der Waals surface area contributed by atoms with Gasteiger partial charge in [-0.05, 0) is 50.3 Å². The molecule has 1 aromatic carbocycles. The first-order chi connectivity index (χ1) is 8.00. The van der Waals surface area contributed by atoms with Gasteiger partial charge >= 0.3 is 0 Å². The van der Waals surface area contributed by atoms with Crippen molar-refractivity contribution >= 4 is 5.69 Å². The Morgan fingerprint density at radius 3 is 2.47 bits per heavy atom. The minimum absolute atomic E-state index is 0.251. The maximum Gasteiger partial charge on any atom is 0.146 e. The van der Waals surface area contributed by atoms with Crippen LogP contribution in [-0.2, 0) is 0 Å². The number of anilines is 1. The monoisotopic (exact) mass is 237 g/mol. The van der Waals surface area contributed by atoms with Crippen LogP contribution >= 0.6 is 0 Å². The lowest BCUT2D eigenvalue weighted by molar-refractivity contribution is 0.199. The number of halogens is 1. The first kappa shape index (κ1) is 12.4. The minimum Gasteiger partial charge on any atom is -0.389 e. The Morgan fingerprint density at radius 1 is 1.35 bits per heavy atom. The molecule has 1 fully saturated rings. The lowest BCUT2D eigenvalue weighted by atomic mass is 10.1. The first-order valence-corrected chi connectivity index (χ1v) is 6.21. The van der Waals surface area contributed by atoms with Gasteiger partial charge in [0.25, 0.3) is 0 Å². The van der Waals surface area contributed by atoms with Crippen LogP contribution in [0.3, 0.4) is 0 Å². The van der Waals surface area contributed by atoms with Crippen LogP contribution in [0.4, 0.5) is 10.1 Å². The largest absolute Gasteiger partial charge is 0.389 e. The number of aliphatic hydroxyl groups excluding tert-OH is 1. The quantitative estimate of drug-likeness (QED) is 0.869. The summed E-state index contributed by atoms with van der Waals surface area (Å²) in [4.78, 5) is 2.00. The van der Waals surface area contributed by atoms with Gasteiger partial charge in [-0.3, -0.25) is 0 Å². The predicted octanol–water partition coefficient (Wildman–Crippen LogP) is 3.11. The van der Waals surface area contributed by atoms with Gasteiger partial charge in [0.1, 0.15) is 5.82 Å². The van der Waals surface area contributed by atoms with E-state index in [1.165, 1.54) is 18.9 Å². The van der Waals surface area contributed by atoms with E-state index in [4.69, 9.17) is 0 Å². The highest BCUT2D eigenvalue weighted by atomic mass is 19.1. The molecule has 0 spiro atoms. The van der Waals surface area contributed by atoms with Crippen LogP contribution in [0.15, 0.2) is 18.2 Å². The fourth-order valence-corrected chi connectivity index (χ4v) is 2.18. The average molecular weight is 237 g/mol. The molecule has 1 aliphatic rings. The second-order valence-corrected chi connectivity index (χ2v) is 5.08. The molecule has 0 bridgehead atoms. The summed E-state index contributed by atoms with van der Waals surface area (Å²) in [6.07, 6.45) is 1.88. The summed E-state index contributed by atoms with van der Waals surface area (Å²) in [6.45, 7) is 3.78. The van der Waals surface area contributed by atoms with Gasteiger partial charge < -0.3 is 10.0 Å².